The van der Waals surface area contributed by atoms with Crippen LogP contribution in [0.2, 0.25) is 0 Å². The van der Waals surface area contributed by atoms with Gasteiger partial charge in [0.15, 0.2) is 0 Å². The second-order valence-electron chi connectivity index (χ2n) is 8.33. The summed E-state index contributed by atoms with van der Waals surface area (Å²) >= 11 is 0. The fraction of sp³-hybridized carbons (Fsp3) is 0.222. The first-order chi connectivity index (χ1) is 17.0. The highest BCUT2D eigenvalue weighted by Crippen LogP contribution is 2.45. The van der Waals surface area contributed by atoms with E-state index in [1.54, 1.807) is 31.0 Å². The Balaban J connectivity index is 1.82. The smallest absolute Gasteiger partial charge is 0.280 e. The number of carbonyl (C=O) groups is 1. The summed E-state index contributed by atoms with van der Waals surface area (Å²) in [5, 5.41) is 12.3. The van der Waals surface area contributed by atoms with Crippen molar-refractivity contribution in [3.05, 3.63) is 71.4 Å². The molecule has 0 saturated heterocycles. The molecule has 2 aromatic heterocycles. The van der Waals surface area contributed by atoms with Crippen LogP contribution in [-0.2, 0) is 0 Å². The Morgan fingerprint density at radius 2 is 1.74 bits per heavy atom. The first-order valence-electron chi connectivity index (χ1n) is 11.4. The van der Waals surface area contributed by atoms with Crippen LogP contribution >= 0.6 is 0 Å². The number of rotatable bonds is 7. The number of pyridine rings is 1. The number of nitrogens with zero attached hydrogens (tertiary/aromatic N) is 3. The Kier molecular flexibility index (Phi) is 5.74. The van der Waals surface area contributed by atoms with Crippen LogP contribution in [0.5, 0.6) is 17.4 Å². The Morgan fingerprint density at radius 1 is 1.00 bits per heavy atom. The number of methoxy groups -OCH3 is 2. The lowest BCUT2D eigenvalue weighted by atomic mass is 9.97. The Bertz CT molecular complexity index is 1490. The van der Waals surface area contributed by atoms with E-state index < -0.39 is 12.1 Å². The van der Waals surface area contributed by atoms with Crippen LogP contribution < -0.4 is 15.2 Å². The molecule has 35 heavy (non-hydrogen) atoms. The molecular weight excluding hydrogens is 444 g/mol. The average molecular weight is 471 g/mol. The summed E-state index contributed by atoms with van der Waals surface area (Å²) in [6.07, 6.45) is 2.51. The van der Waals surface area contributed by atoms with Gasteiger partial charge in [-0.15, -0.1) is 0 Å². The number of benzene rings is 2. The summed E-state index contributed by atoms with van der Waals surface area (Å²) in [4.78, 5) is 22.3. The zero-order chi connectivity index (χ0) is 24.7. The lowest BCUT2D eigenvalue weighted by molar-refractivity contribution is 0.101. The number of aromatic nitrogens is 2. The maximum Gasteiger partial charge on any atom is 0.280 e. The van der Waals surface area contributed by atoms with Crippen molar-refractivity contribution in [2.45, 2.75) is 25.9 Å². The highest BCUT2D eigenvalue weighted by Gasteiger charge is 2.38. The van der Waals surface area contributed by atoms with Gasteiger partial charge in [-0.1, -0.05) is 37.6 Å². The van der Waals surface area contributed by atoms with Crippen molar-refractivity contribution in [3.63, 3.8) is 0 Å². The number of aromatic hydroxyl groups is 1. The van der Waals surface area contributed by atoms with Crippen LogP contribution in [0.4, 0.5) is 0 Å². The van der Waals surface area contributed by atoms with Crippen LogP contribution in [0.15, 0.2) is 59.7 Å². The quantitative estimate of drug-likeness (QED) is 0.406. The molecule has 2 aromatic carbocycles. The van der Waals surface area contributed by atoms with Crippen molar-refractivity contribution >= 4 is 22.5 Å². The monoisotopic (exact) mass is 470 g/mol. The SMILES string of the molecule is CCCC(N)n1c(O)c2c(c1-c1ccccc1OC)C(=O)N=C2c1ccnc2c(OC)cccc12. The minimum absolute atomic E-state index is 0.0979. The van der Waals surface area contributed by atoms with E-state index in [4.69, 9.17) is 15.2 Å². The van der Waals surface area contributed by atoms with Gasteiger partial charge in [0.05, 0.1) is 42.9 Å². The molecule has 0 bridgehead atoms. The normalized spacial score (nSPS) is 13.6. The summed E-state index contributed by atoms with van der Waals surface area (Å²) in [6, 6.07) is 14.7. The van der Waals surface area contributed by atoms with Gasteiger partial charge < -0.3 is 20.3 Å². The Hall–Kier alpha value is -4.17. The van der Waals surface area contributed by atoms with E-state index in [2.05, 4.69) is 9.98 Å². The lowest BCUT2D eigenvalue weighted by Gasteiger charge is -2.20. The third kappa shape index (κ3) is 3.45. The van der Waals surface area contributed by atoms with E-state index >= 15 is 0 Å². The first-order valence-corrected chi connectivity index (χ1v) is 11.4. The van der Waals surface area contributed by atoms with Crippen molar-refractivity contribution in [3.8, 4) is 28.6 Å². The van der Waals surface area contributed by atoms with Gasteiger partial charge in [-0.25, -0.2) is 4.99 Å². The molecule has 0 saturated carbocycles. The van der Waals surface area contributed by atoms with E-state index in [0.717, 1.165) is 11.8 Å². The molecule has 1 unspecified atom stereocenters. The van der Waals surface area contributed by atoms with Gasteiger partial charge in [-0.05, 0) is 30.7 Å². The zero-order valence-electron chi connectivity index (χ0n) is 19.8. The van der Waals surface area contributed by atoms with Crippen molar-refractivity contribution in [1.82, 2.24) is 9.55 Å². The summed E-state index contributed by atoms with van der Waals surface area (Å²) in [6.45, 7) is 2.02. The van der Waals surface area contributed by atoms with Gasteiger partial charge in [0, 0.05) is 22.7 Å². The van der Waals surface area contributed by atoms with Crippen molar-refractivity contribution < 1.29 is 19.4 Å². The predicted molar refractivity (Wildman–Crippen MR) is 134 cm³/mol. The Morgan fingerprint density at radius 3 is 2.49 bits per heavy atom. The first kappa shape index (κ1) is 22.6. The van der Waals surface area contributed by atoms with E-state index in [0.29, 0.717) is 57.1 Å². The topological polar surface area (TPSA) is 112 Å². The summed E-state index contributed by atoms with van der Waals surface area (Å²) in [5.74, 6) is 0.634. The molecule has 3 N–H and O–H groups in total. The van der Waals surface area contributed by atoms with Gasteiger partial charge >= 0.3 is 0 Å². The summed E-state index contributed by atoms with van der Waals surface area (Å²) in [5.41, 5.74) is 10.0. The fourth-order valence-corrected chi connectivity index (χ4v) is 4.79. The number of ether oxygens (including phenoxy) is 2. The molecule has 178 valence electrons. The fourth-order valence-electron chi connectivity index (χ4n) is 4.79. The molecular formula is C27H26N4O4. The third-order valence-corrected chi connectivity index (χ3v) is 6.33. The van der Waals surface area contributed by atoms with Crippen LogP contribution in [0.1, 0.15) is 47.4 Å². The van der Waals surface area contributed by atoms with Crippen molar-refractivity contribution in [2.24, 2.45) is 10.7 Å². The number of aliphatic imine (C=N–C) groups is 1. The van der Waals surface area contributed by atoms with Crippen molar-refractivity contribution in [1.29, 1.82) is 0 Å². The highest BCUT2D eigenvalue weighted by atomic mass is 16.5. The second-order valence-corrected chi connectivity index (χ2v) is 8.33. The molecule has 1 amide bonds. The number of nitrogens with two attached hydrogens (primary N) is 1. The standard InChI is InChI=1S/C27H26N4O4/c1-4-8-20(28)31-25(17-9-5-6-11-18(17)34-2)22-21(27(31)33)24(30-26(22)32)16-13-14-29-23-15(16)10-7-12-19(23)35-3/h5-7,9-14,20,33H,4,8,28H2,1-3H3. The summed E-state index contributed by atoms with van der Waals surface area (Å²) < 4.78 is 12.7. The molecule has 8 nitrogen and oxygen atoms in total. The van der Waals surface area contributed by atoms with Crippen molar-refractivity contribution in [2.75, 3.05) is 14.2 Å². The minimum Gasteiger partial charge on any atom is -0.496 e. The second kappa shape index (κ2) is 8.88. The van der Waals surface area contributed by atoms with E-state index in [9.17, 15) is 9.90 Å². The molecule has 0 spiro atoms. The van der Waals surface area contributed by atoms with E-state index in [1.165, 1.54) is 0 Å². The number of carbonyl (C=O) groups excluding carboxylic acids is 1. The highest BCUT2D eigenvalue weighted by molar-refractivity contribution is 6.33. The minimum atomic E-state index is -0.547. The number of para-hydroxylation sites is 2. The molecule has 0 fully saturated rings. The number of hydrogen-bond acceptors (Lipinski definition) is 6. The molecule has 8 heteroatoms. The lowest BCUT2D eigenvalue weighted by Crippen LogP contribution is -2.20. The third-order valence-electron chi connectivity index (χ3n) is 6.33. The van der Waals surface area contributed by atoms with Gasteiger partial charge in [0.2, 0.25) is 5.88 Å². The van der Waals surface area contributed by atoms with Crippen LogP contribution in [-0.4, -0.2) is 40.5 Å². The molecule has 1 aliphatic heterocycles. The van der Waals surface area contributed by atoms with Crippen LogP contribution in [0.25, 0.3) is 22.2 Å². The maximum atomic E-state index is 13.4. The molecule has 1 atom stereocenters. The van der Waals surface area contributed by atoms with Crippen LogP contribution in [0.3, 0.4) is 0 Å². The number of hydrogen-bond donors (Lipinski definition) is 2. The molecule has 5 rings (SSSR count). The zero-order valence-corrected chi connectivity index (χ0v) is 19.8. The van der Waals surface area contributed by atoms with Gasteiger partial charge in [0.25, 0.3) is 5.91 Å². The molecule has 3 heterocycles. The van der Waals surface area contributed by atoms with E-state index in [1.807, 2.05) is 49.4 Å². The molecule has 4 aromatic rings. The van der Waals surface area contributed by atoms with Gasteiger partial charge in [-0.2, -0.15) is 0 Å². The molecule has 0 radical (unpaired) electrons. The maximum absolute atomic E-state index is 13.4. The number of fused-ring (bicyclic) bond motifs is 2. The average Bonchev–Trinajstić information content (AvgIpc) is 3.38. The van der Waals surface area contributed by atoms with Gasteiger partial charge in [-0.3, -0.25) is 14.3 Å². The largest absolute Gasteiger partial charge is 0.496 e. The van der Waals surface area contributed by atoms with E-state index in [-0.39, 0.29) is 5.88 Å². The molecule has 1 aliphatic rings. The van der Waals surface area contributed by atoms with Gasteiger partial charge in [0.1, 0.15) is 17.0 Å². The summed E-state index contributed by atoms with van der Waals surface area (Å²) in [7, 11) is 3.15. The number of amides is 1. The van der Waals surface area contributed by atoms with Crippen LogP contribution in [0, 0.1) is 0 Å². The Labute approximate surface area is 202 Å². The molecule has 0 aliphatic carbocycles. The predicted octanol–water partition coefficient (Wildman–Crippen LogP) is 4.67.